The van der Waals surface area contributed by atoms with Gasteiger partial charge in [0.1, 0.15) is 0 Å². The Labute approximate surface area is 155 Å². The monoisotopic (exact) mass is 366 g/mol. The Balaban J connectivity index is 1.40. The van der Waals surface area contributed by atoms with Crippen molar-refractivity contribution in [1.29, 1.82) is 0 Å². The molecule has 7 nitrogen and oxygen atoms in total. The van der Waals surface area contributed by atoms with Crippen LogP contribution in [0.3, 0.4) is 0 Å². The molecule has 0 bridgehead atoms. The summed E-state index contributed by atoms with van der Waals surface area (Å²) < 4.78 is 20.9. The van der Waals surface area contributed by atoms with Crippen molar-refractivity contribution in [3.63, 3.8) is 0 Å². The third kappa shape index (κ3) is 3.62. The average molecular weight is 366 g/mol. The van der Waals surface area contributed by atoms with Crippen LogP contribution in [0.4, 0.5) is 0 Å². The van der Waals surface area contributed by atoms with Crippen LogP contribution in [-0.4, -0.2) is 22.9 Å². The summed E-state index contributed by atoms with van der Waals surface area (Å²) in [5.74, 6) is 1.77. The molecule has 1 aromatic heterocycles. The zero-order chi connectivity index (χ0) is 18.8. The highest BCUT2D eigenvalue weighted by Crippen LogP contribution is 2.32. The van der Waals surface area contributed by atoms with E-state index in [-0.39, 0.29) is 19.3 Å². The van der Waals surface area contributed by atoms with Gasteiger partial charge in [-0.2, -0.15) is 4.98 Å². The molecular formula is C20H18N2O5. The van der Waals surface area contributed by atoms with Crippen LogP contribution in [-0.2, 0) is 11.3 Å². The molecule has 27 heavy (non-hydrogen) atoms. The number of ether oxygens (including phenoxy) is 3. The molecule has 138 valence electrons. The van der Waals surface area contributed by atoms with Gasteiger partial charge < -0.3 is 18.7 Å². The Morgan fingerprint density at radius 3 is 2.67 bits per heavy atom. The Hall–Kier alpha value is -3.35. The maximum atomic E-state index is 12.2. The number of benzene rings is 2. The first-order valence-electron chi connectivity index (χ1n) is 8.60. The van der Waals surface area contributed by atoms with Crippen molar-refractivity contribution in [3.05, 3.63) is 59.5 Å². The smallest absolute Gasteiger partial charge is 0.338 e. The lowest BCUT2D eigenvalue weighted by molar-refractivity contribution is 0.0429. The molecule has 0 unspecified atom stereocenters. The van der Waals surface area contributed by atoms with Crippen LogP contribution in [0.15, 0.2) is 47.0 Å². The van der Waals surface area contributed by atoms with Gasteiger partial charge in [-0.1, -0.05) is 43.3 Å². The first-order valence-corrected chi connectivity index (χ1v) is 8.60. The van der Waals surface area contributed by atoms with Crippen molar-refractivity contribution in [2.45, 2.75) is 26.4 Å². The summed E-state index contributed by atoms with van der Waals surface area (Å²) in [6.07, 6.45) is 0. The Morgan fingerprint density at radius 2 is 1.89 bits per heavy atom. The third-order valence-electron chi connectivity index (χ3n) is 4.24. The van der Waals surface area contributed by atoms with Gasteiger partial charge in [0.2, 0.25) is 12.6 Å². The molecule has 0 aliphatic carbocycles. The molecule has 0 saturated heterocycles. The van der Waals surface area contributed by atoms with Gasteiger partial charge in [-0.15, -0.1) is 0 Å². The Morgan fingerprint density at radius 1 is 1.11 bits per heavy atom. The maximum absolute atomic E-state index is 12.2. The molecule has 2 aromatic carbocycles. The first kappa shape index (κ1) is 17.1. The van der Waals surface area contributed by atoms with E-state index in [0.717, 1.165) is 5.56 Å². The lowest BCUT2D eigenvalue weighted by Gasteiger charge is -2.04. The number of hydrogen-bond donors (Lipinski definition) is 0. The fraction of sp³-hybridized carbons (Fsp3) is 0.250. The number of fused-ring (bicyclic) bond motifs is 1. The number of carbonyl (C=O) groups is 1. The van der Waals surface area contributed by atoms with Gasteiger partial charge >= 0.3 is 5.97 Å². The summed E-state index contributed by atoms with van der Waals surface area (Å²) >= 11 is 0. The molecule has 0 saturated carbocycles. The van der Waals surface area contributed by atoms with Gasteiger partial charge in [-0.3, -0.25) is 0 Å². The quantitative estimate of drug-likeness (QED) is 0.632. The van der Waals surface area contributed by atoms with Gasteiger partial charge in [-0.05, 0) is 29.7 Å². The van der Waals surface area contributed by atoms with Gasteiger partial charge in [0.05, 0.1) is 5.56 Å². The van der Waals surface area contributed by atoms with Crippen molar-refractivity contribution >= 4 is 5.97 Å². The zero-order valence-corrected chi connectivity index (χ0v) is 15.0. The molecular weight excluding hydrogens is 348 g/mol. The molecule has 2 heterocycles. The predicted molar refractivity (Wildman–Crippen MR) is 95.5 cm³/mol. The minimum Gasteiger partial charge on any atom is -0.454 e. The molecule has 0 amide bonds. The molecule has 3 aromatic rings. The molecule has 0 radical (unpaired) electrons. The lowest BCUT2D eigenvalue weighted by Crippen LogP contribution is -2.05. The summed E-state index contributed by atoms with van der Waals surface area (Å²) in [6.45, 7) is 4.31. The summed E-state index contributed by atoms with van der Waals surface area (Å²) in [5, 5.41) is 3.94. The fourth-order valence-electron chi connectivity index (χ4n) is 2.68. The lowest BCUT2D eigenvalue weighted by atomic mass is 10.0. The van der Waals surface area contributed by atoms with Gasteiger partial charge in [0, 0.05) is 5.56 Å². The van der Waals surface area contributed by atoms with Crippen molar-refractivity contribution < 1.29 is 23.5 Å². The predicted octanol–water partition coefficient (Wildman–Crippen LogP) is 3.95. The maximum Gasteiger partial charge on any atom is 0.338 e. The van der Waals surface area contributed by atoms with Crippen LogP contribution in [0.2, 0.25) is 0 Å². The van der Waals surface area contributed by atoms with E-state index in [4.69, 9.17) is 18.7 Å². The molecule has 1 aliphatic rings. The summed E-state index contributed by atoms with van der Waals surface area (Å²) in [6, 6.07) is 12.8. The number of carbonyl (C=O) groups excluding carboxylic acids is 1. The van der Waals surface area contributed by atoms with Crippen LogP contribution < -0.4 is 9.47 Å². The minimum atomic E-state index is -0.505. The van der Waals surface area contributed by atoms with E-state index in [1.807, 2.05) is 24.3 Å². The fourth-order valence-corrected chi connectivity index (χ4v) is 2.68. The summed E-state index contributed by atoms with van der Waals surface area (Å²) in [4.78, 5) is 16.5. The minimum absolute atomic E-state index is 0.107. The SMILES string of the molecule is CC(C)c1ccc(-c2noc(COC(=O)c3ccc4c(c3)OCO4)n2)cc1. The largest absolute Gasteiger partial charge is 0.454 e. The molecule has 0 fully saturated rings. The van der Waals surface area contributed by atoms with Gasteiger partial charge in [0.15, 0.2) is 18.1 Å². The van der Waals surface area contributed by atoms with E-state index in [2.05, 4.69) is 24.0 Å². The van der Waals surface area contributed by atoms with Crippen LogP contribution in [0.1, 0.15) is 41.6 Å². The highest BCUT2D eigenvalue weighted by Gasteiger charge is 2.18. The van der Waals surface area contributed by atoms with E-state index in [9.17, 15) is 4.79 Å². The number of esters is 1. The van der Waals surface area contributed by atoms with Gasteiger partial charge in [-0.25, -0.2) is 4.79 Å². The molecule has 4 rings (SSSR count). The van der Waals surface area contributed by atoms with E-state index < -0.39 is 5.97 Å². The molecule has 0 atom stereocenters. The second kappa shape index (κ2) is 7.11. The van der Waals surface area contributed by atoms with E-state index >= 15 is 0 Å². The highest BCUT2D eigenvalue weighted by atomic mass is 16.7. The van der Waals surface area contributed by atoms with Crippen LogP contribution in [0.25, 0.3) is 11.4 Å². The Kier molecular flexibility index (Phi) is 4.50. The zero-order valence-electron chi connectivity index (χ0n) is 15.0. The summed E-state index contributed by atoms with van der Waals surface area (Å²) in [5.41, 5.74) is 2.44. The van der Waals surface area contributed by atoms with E-state index in [0.29, 0.717) is 28.8 Å². The molecule has 7 heteroatoms. The topological polar surface area (TPSA) is 83.7 Å². The van der Waals surface area contributed by atoms with Crippen LogP contribution >= 0.6 is 0 Å². The molecule has 0 spiro atoms. The number of rotatable bonds is 5. The second-order valence-corrected chi connectivity index (χ2v) is 6.43. The number of nitrogens with zero attached hydrogens (tertiary/aromatic N) is 2. The van der Waals surface area contributed by atoms with Crippen molar-refractivity contribution in [3.8, 4) is 22.9 Å². The number of hydrogen-bond acceptors (Lipinski definition) is 7. The van der Waals surface area contributed by atoms with E-state index in [1.54, 1.807) is 18.2 Å². The third-order valence-corrected chi connectivity index (χ3v) is 4.24. The van der Waals surface area contributed by atoms with Crippen LogP contribution in [0, 0.1) is 0 Å². The van der Waals surface area contributed by atoms with Crippen LogP contribution in [0.5, 0.6) is 11.5 Å². The molecule has 0 N–H and O–H groups in total. The first-order chi connectivity index (χ1) is 13.1. The number of aromatic nitrogens is 2. The van der Waals surface area contributed by atoms with Crippen molar-refractivity contribution in [1.82, 2.24) is 10.1 Å². The standard InChI is InChI=1S/C20H18N2O5/c1-12(2)13-3-5-14(6-4-13)19-21-18(27-22-19)10-24-20(23)15-7-8-16-17(9-15)26-11-25-16/h3-9,12H,10-11H2,1-2H3. The highest BCUT2D eigenvalue weighted by molar-refractivity contribution is 5.90. The van der Waals surface area contributed by atoms with Crippen molar-refractivity contribution in [2.24, 2.45) is 0 Å². The summed E-state index contributed by atoms with van der Waals surface area (Å²) in [7, 11) is 0. The normalized spacial score (nSPS) is 12.4. The van der Waals surface area contributed by atoms with Gasteiger partial charge in [0.25, 0.3) is 5.89 Å². The van der Waals surface area contributed by atoms with E-state index in [1.165, 1.54) is 5.56 Å². The second-order valence-electron chi connectivity index (χ2n) is 6.43. The molecule has 1 aliphatic heterocycles. The Bertz CT molecular complexity index is 963. The average Bonchev–Trinajstić information content (AvgIpc) is 3.35. The van der Waals surface area contributed by atoms with Crippen molar-refractivity contribution in [2.75, 3.05) is 6.79 Å².